The molecule has 3 heterocycles. The van der Waals surface area contributed by atoms with Crippen LogP contribution in [0.2, 0.25) is 0 Å². The molecule has 3 N–H and O–H groups in total. The predicted molar refractivity (Wildman–Crippen MR) is 148 cm³/mol. The second-order valence-corrected chi connectivity index (χ2v) is 14.4. The molecular formula is C27H37N3O8S2. The van der Waals surface area contributed by atoms with Gasteiger partial charge in [-0.15, -0.1) is 0 Å². The van der Waals surface area contributed by atoms with Crippen LogP contribution in [0.1, 0.15) is 31.2 Å². The molecule has 2 aromatic rings. The van der Waals surface area contributed by atoms with Gasteiger partial charge in [0.1, 0.15) is 24.2 Å². The predicted octanol–water partition coefficient (Wildman–Crippen LogP) is 1.26. The van der Waals surface area contributed by atoms with Crippen LogP contribution < -0.4 is 19.5 Å². The maximum Gasteiger partial charge on any atom is 0.243 e. The summed E-state index contributed by atoms with van der Waals surface area (Å²) >= 11 is 0. The molecule has 0 radical (unpaired) electrons. The fourth-order valence-electron chi connectivity index (χ4n) is 5.51. The fraction of sp³-hybridized carbons (Fsp3) is 0.556. The minimum atomic E-state index is -3.60. The monoisotopic (exact) mass is 595 g/mol. The fourth-order valence-corrected chi connectivity index (χ4v) is 7.76. The Kier molecular flexibility index (Phi) is 8.72. The van der Waals surface area contributed by atoms with Gasteiger partial charge in [0.15, 0.2) is 0 Å². The van der Waals surface area contributed by atoms with Gasteiger partial charge in [0, 0.05) is 31.7 Å². The van der Waals surface area contributed by atoms with Crippen molar-refractivity contribution in [1.82, 2.24) is 14.3 Å². The van der Waals surface area contributed by atoms with E-state index in [2.05, 4.69) is 10.0 Å². The normalized spacial score (nSPS) is 22.0. The SMILES string of the molecule is CNS(=O)(=O)c1cccc(OCC(O)CNC2COC3(CCN(S(=O)(=O)c4ccc5c(c4)CCCO5)CC3)C2)c1. The molecule has 2 aromatic carbocycles. The molecule has 0 aliphatic carbocycles. The van der Waals surface area contributed by atoms with Crippen molar-refractivity contribution in [1.29, 1.82) is 0 Å². The van der Waals surface area contributed by atoms with Gasteiger partial charge in [0.25, 0.3) is 0 Å². The lowest BCUT2D eigenvalue weighted by Gasteiger charge is -2.38. The Labute approximate surface area is 235 Å². The number of hydrogen-bond acceptors (Lipinski definition) is 9. The number of piperidine rings is 1. The largest absolute Gasteiger partial charge is 0.493 e. The third kappa shape index (κ3) is 6.46. The number of sulfonamides is 2. The zero-order valence-electron chi connectivity index (χ0n) is 22.5. The topological polar surface area (TPSA) is 144 Å². The lowest BCUT2D eigenvalue weighted by molar-refractivity contribution is -0.0312. The van der Waals surface area contributed by atoms with Crippen LogP contribution in [0.15, 0.2) is 52.3 Å². The number of aliphatic hydroxyl groups is 1. The number of aliphatic hydroxyl groups excluding tert-OH is 1. The maximum absolute atomic E-state index is 13.3. The third-order valence-corrected chi connectivity index (χ3v) is 11.1. The minimum Gasteiger partial charge on any atom is -0.493 e. The highest BCUT2D eigenvalue weighted by Gasteiger charge is 2.44. The number of rotatable bonds is 10. The number of hydrogen-bond donors (Lipinski definition) is 3. The highest BCUT2D eigenvalue weighted by molar-refractivity contribution is 7.89. The zero-order valence-corrected chi connectivity index (χ0v) is 24.2. The van der Waals surface area contributed by atoms with Crippen LogP contribution in [0.3, 0.4) is 0 Å². The third-order valence-electron chi connectivity index (χ3n) is 7.83. The molecule has 0 amide bonds. The van der Waals surface area contributed by atoms with E-state index in [-0.39, 0.29) is 29.7 Å². The lowest BCUT2D eigenvalue weighted by atomic mass is 9.88. The number of nitrogens with zero attached hydrogens (tertiary/aromatic N) is 1. The van der Waals surface area contributed by atoms with E-state index in [1.807, 2.05) is 0 Å². The highest BCUT2D eigenvalue weighted by atomic mass is 32.2. The lowest BCUT2D eigenvalue weighted by Crippen LogP contribution is -2.47. The summed E-state index contributed by atoms with van der Waals surface area (Å²) in [6.45, 7) is 2.20. The quantitative estimate of drug-likeness (QED) is 0.370. The van der Waals surface area contributed by atoms with Gasteiger partial charge in [-0.1, -0.05) is 6.07 Å². The molecule has 1 spiro atoms. The smallest absolute Gasteiger partial charge is 0.243 e. The average molecular weight is 596 g/mol. The van der Waals surface area contributed by atoms with E-state index in [9.17, 15) is 21.9 Å². The number of benzene rings is 2. The standard InChI is InChI=1S/C27H37N3O8S2/c1-28-39(32,33)24-6-2-5-23(15-24)37-19-22(31)17-29-21-16-27(38-18-21)9-11-30(12-10-27)40(34,35)25-7-8-26-20(14-25)4-3-13-36-26/h2,5-8,14-15,21-22,28-29,31H,3-4,9-13,16-19H2,1H3. The van der Waals surface area contributed by atoms with E-state index >= 15 is 0 Å². The van der Waals surface area contributed by atoms with E-state index in [1.165, 1.54) is 19.2 Å². The van der Waals surface area contributed by atoms with Gasteiger partial charge < -0.3 is 24.6 Å². The number of ether oxygens (including phenoxy) is 3. The Balaban J connectivity index is 1.08. The van der Waals surface area contributed by atoms with E-state index in [0.717, 1.165) is 30.6 Å². The number of fused-ring (bicyclic) bond motifs is 1. The van der Waals surface area contributed by atoms with Crippen molar-refractivity contribution in [2.75, 3.05) is 46.5 Å². The van der Waals surface area contributed by atoms with Crippen molar-refractivity contribution in [3.63, 3.8) is 0 Å². The van der Waals surface area contributed by atoms with Crippen LogP contribution in [0.25, 0.3) is 0 Å². The van der Waals surface area contributed by atoms with Gasteiger partial charge in [-0.3, -0.25) is 0 Å². The Hall–Kier alpha value is -2.26. The van der Waals surface area contributed by atoms with Crippen molar-refractivity contribution in [2.45, 2.75) is 59.6 Å². The second kappa shape index (κ2) is 11.9. The van der Waals surface area contributed by atoms with E-state index in [0.29, 0.717) is 49.8 Å². The van der Waals surface area contributed by atoms with Crippen molar-refractivity contribution in [3.8, 4) is 11.5 Å². The molecule has 0 saturated carbocycles. The first-order valence-electron chi connectivity index (χ1n) is 13.6. The molecule has 11 nitrogen and oxygen atoms in total. The maximum atomic E-state index is 13.3. The van der Waals surface area contributed by atoms with Gasteiger partial charge in [0.2, 0.25) is 20.0 Å². The minimum absolute atomic E-state index is 0.00356. The molecule has 2 saturated heterocycles. The van der Waals surface area contributed by atoms with E-state index < -0.39 is 26.2 Å². The van der Waals surface area contributed by atoms with E-state index in [4.69, 9.17) is 14.2 Å². The molecule has 2 unspecified atom stereocenters. The summed E-state index contributed by atoms with van der Waals surface area (Å²) in [5.74, 6) is 1.12. The van der Waals surface area contributed by atoms with Crippen molar-refractivity contribution < 1.29 is 36.2 Å². The molecule has 3 aliphatic rings. The Morgan fingerprint density at radius 2 is 1.93 bits per heavy atom. The van der Waals surface area contributed by atoms with Gasteiger partial charge in [-0.25, -0.2) is 21.6 Å². The molecule has 40 heavy (non-hydrogen) atoms. The first kappa shape index (κ1) is 29.2. The summed E-state index contributed by atoms with van der Waals surface area (Å²) < 4.78 is 71.8. The zero-order chi connectivity index (χ0) is 28.4. The Morgan fingerprint density at radius 3 is 2.70 bits per heavy atom. The summed E-state index contributed by atoms with van der Waals surface area (Å²) in [6.07, 6.45) is 2.84. The molecular weight excluding hydrogens is 558 g/mol. The van der Waals surface area contributed by atoms with Gasteiger partial charge >= 0.3 is 0 Å². The molecule has 0 aromatic heterocycles. The van der Waals surface area contributed by atoms with Gasteiger partial charge in [0.05, 0.1) is 28.6 Å². The Bertz CT molecular complexity index is 1410. The first-order chi connectivity index (χ1) is 19.1. The molecule has 13 heteroatoms. The van der Waals surface area contributed by atoms with Crippen molar-refractivity contribution in [2.24, 2.45) is 0 Å². The van der Waals surface area contributed by atoms with Crippen LogP contribution in [-0.2, 0) is 31.2 Å². The molecule has 3 aliphatic heterocycles. The van der Waals surface area contributed by atoms with Gasteiger partial charge in [-0.05, 0) is 75.0 Å². The average Bonchev–Trinajstić information content (AvgIpc) is 3.37. The van der Waals surface area contributed by atoms with Crippen LogP contribution in [0.5, 0.6) is 11.5 Å². The van der Waals surface area contributed by atoms with Crippen LogP contribution in [0, 0.1) is 0 Å². The van der Waals surface area contributed by atoms with Crippen LogP contribution in [-0.4, -0.2) is 90.5 Å². The van der Waals surface area contributed by atoms with Crippen molar-refractivity contribution in [3.05, 3.63) is 48.0 Å². The highest BCUT2D eigenvalue weighted by Crippen LogP contribution is 2.38. The summed E-state index contributed by atoms with van der Waals surface area (Å²) in [5, 5.41) is 13.7. The van der Waals surface area contributed by atoms with Crippen LogP contribution in [0.4, 0.5) is 0 Å². The molecule has 220 valence electrons. The molecule has 2 fully saturated rings. The summed E-state index contributed by atoms with van der Waals surface area (Å²) in [7, 11) is -5.84. The van der Waals surface area contributed by atoms with Crippen LogP contribution >= 0.6 is 0 Å². The summed E-state index contributed by atoms with van der Waals surface area (Å²) in [6, 6.07) is 11.3. The molecule has 5 rings (SSSR count). The Morgan fingerprint density at radius 1 is 1.12 bits per heavy atom. The van der Waals surface area contributed by atoms with E-state index in [1.54, 1.807) is 34.6 Å². The number of aryl methyl sites for hydroxylation is 1. The second-order valence-electron chi connectivity index (χ2n) is 10.6. The summed E-state index contributed by atoms with van der Waals surface area (Å²) in [5.41, 5.74) is 0.561. The van der Waals surface area contributed by atoms with Gasteiger partial charge in [-0.2, -0.15) is 4.31 Å². The molecule has 2 atom stereocenters. The molecule has 0 bridgehead atoms. The first-order valence-corrected chi connectivity index (χ1v) is 16.5. The summed E-state index contributed by atoms with van der Waals surface area (Å²) in [4.78, 5) is 0.399. The number of nitrogens with one attached hydrogen (secondary N) is 2. The van der Waals surface area contributed by atoms with Crippen molar-refractivity contribution >= 4 is 20.0 Å².